The van der Waals surface area contributed by atoms with Crippen LogP contribution in [0.25, 0.3) is 0 Å². The number of amides is 1. The van der Waals surface area contributed by atoms with Gasteiger partial charge in [0.05, 0.1) is 24.1 Å². The van der Waals surface area contributed by atoms with E-state index in [1.807, 2.05) is 105 Å². The Hall–Kier alpha value is -3.73. The summed E-state index contributed by atoms with van der Waals surface area (Å²) in [7, 11) is -2.38. The Balaban J connectivity index is 2.01. The van der Waals surface area contributed by atoms with E-state index in [9.17, 15) is 14.9 Å². The monoisotopic (exact) mass is 640 g/mol. The number of ketones is 1. The molecule has 3 rings (SSSR count). The Labute approximate surface area is 277 Å². The van der Waals surface area contributed by atoms with E-state index >= 15 is 0 Å². The number of hydrogen-bond acceptors (Lipinski definition) is 5. The minimum absolute atomic E-state index is 0.0537. The number of hydrogen-bond donors (Lipinski definition) is 1. The first kappa shape index (κ1) is 36.7. The summed E-state index contributed by atoms with van der Waals surface area (Å²) in [5.74, 6) is -0.639. The maximum absolute atomic E-state index is 14.1. The van der Waals surface area contributed by atoms with Crippen molar-refractivity contribution in [3.05, 3.63) is 108 Å². The second kappa shape index (κ2) is 17.3. The summed E-state index contributed by atoms with van der Waals surface area (Å²) >= 11 is 0. The topological polar surface area (TPSA) is 88.4 Å². The van der Waals surface area contributed by atoms with Crippen molar-refractivity contribution in [2.75, 3.05) is 0 Å². The Morgan fingerprint density at radius 2 is 1.33 bits per heavy atom. The van der Waals surface area contributed by atoms with Crippen molar-refractivity contribution in [1.82, 2.24) is 5.32 Å². The van der Waals surface area contributed by atoms with Crippen LogP contribution in [0, 0.1) is 29.1 Å². The minimum atomic E-state index is -2.38. The number of benzene rings is 3. The Morgan fingerprint density at radius 3 is 1.80 bits per heavy atom. The molecule has 246 valence electrons. The number of nitrogens with zero attached hydrogens (tertiary/aromatic N) is 1. The van der Waals surface area contributed by atoms with Crippen LogP contribution in [0.4, 0.5) is 4.79 Å². The van der Waals surface area contributed by atoms with Gasteiger partial charge >= 0.3 is 6.09 Å². The van der Waals surface area contributed by atoms with E-state index in [0.717, 1.165) is 16.7 Å². The van der Waals surface area contributed by atoms with Crippen LogP contribution in [-0.4, -0.2) is 32.3 Å². The van der Waals surface area contributed by atoms with Gasteiger partial charge in [0.2, 0.25) is 0 Å². The first-order valence-electron chi connectivity index (χ1n) is 16.4. The van der Waals surface area contributed by atoms with Crippen molar-refractivity contribution in [2.24, 2.45) is 17.8 Å². The van der Waals surface area contributed by atoms with E-state index in [-0.39, 0.29) is 35.7 Å². The minimum Gasteiger partial charge on any atom is -0.445 e. The van der Waals surface area contributed by atoms with E-state index in [0.29, 0.717) is 19.3 Å². The average molecular weight is 641 g/mol. The summed E-state index contributed by atoms with van der Waals surface area (Å²) in [5.41, 5.74) is 3.01. The van der Waals surface area contributed by atoms with Gasteiger partial charge in [-0.1, -0.05) is 126 Å². The molecule has 0 heterocycles. The van der Waals surface area contributed by atoms with Crippen molar-refractivity contribution < 1.29 is 18.8 Å². The van der Waals surface area contributed by atoms with Gasteiger partial charge in [0.15, 0.2) is 8.32 Å². The maximum atomic E-state index is 14.1. The molecule has 3 aromatic carbocycles. The molecule has 4 atom stereocenters. The van der Waals surface area contributed by atoms with Crippen LogP contribution in [0.5, 0.6) is 0 Å². The van der Waals surface area contributed by atoms with Crippen molar-refractivity contribution in [3.8, 4) is 6.07 Å². The lowest BCUT2D eigenvalue weighted by Gasteiger charge is -2.42. The number of ether oxygens (including phenoxy) is 1. The number of nitriles is 1. The molecule has 0 saturated carbocycles. The fourth-order valence-electron chi connectivity index (χ4n) is 5.23. The zero-order valence-electron chi connectivity index (χ0n) is 28.7. The molecule has 1 unspecified atom stereocenters. The van der Waals surface area contributed by atoms with Gasteiger partial charge < -0.3 is 14.5 Å². The van der Waals surface area contributed by atoms with Gasteiger partial charge in [-0.3, -0.25) is 4.79 Å². The quantitative estimate of drug-likeness (QED) is 0.158. The highest BCUT2D eigenvalue weighted by atomic mass is 28.4. The molecule has 0 aromatic heterocycles. The van der Waals surface area contributed by atoms with Gasteiger partial charge in [-0.2, -0.15) is 5.26 Å². The lowest BCUT2D eigenvalue weighted by atomic mass is 9.82. The van der Waals surface area contributed by atoms with Crippen LogP contribution in [0.15, 0.2) is 91.0 Å². The number of rotatable bonds is 16. The molecule has 3 aromatic rings. The van der Waals surface area contributed by atoms with Crippen LogP contribution in [0.3, 0.4) is 0 Å². The van der Waals surface area contributed by atoms with Crippen LogP contribution >= 0.6 is 0 Å². The van der Waals surface area contributed by atoms with Crippen LogP contribution < -0.4 is 5.32 Å². The fourth-order valence-corrected chi connectivity index (χ4v) is 6.60. The van der Waals surface area contributed by atoms with Crippen LogP contribution in [0.2, 0.25) is 18.1 Å². The SMILES string of the molecule is CC(C)C(C#N)CC(=O)[C@H](Cc1ccccc1)C[C@H](O[Si](C)(C)C(C)(C)C)[C@H](Cc1ccccc1)NC(=O)OCc1ccccc1. The van der Waals surface area contributed by atoms with Crippen molar-refractivity contribution >= 4 is 20.2 Å². The number of carbonyl (C=O) groups is 2. The third-order valence-corrected chi connectivity index (χ3v) is 13.7. The van der Waals surface area contributed by atoms with Crippen LogP contribution in [0.1, 0.15) is 64.2 Å². The van der Waals surface area contributed by atoms with E-state index in [2.05, 4.69) is 45.3 Å². The second-order valence-corrected chi connectivity index (χ2v) is 18.9. The molecule has 0 fully saturated rings. The summed E-state index contributed by atoms with van der Waals surface area (Å²) in [5, 5.41) is 12.9. The van der Waals surface area contributed by atoms with Crippen LogP contribution in [-0.2, 0) is 33.4 Å². The number of carbonyl (C=O) groups excluding carboxylic acids is 2. The number of alkyl carbamates (subject to hydrolysis) is 1. The Morgan fingerprint density at radius 1 is 0.826 bits per heavy atom. The zero-order chi connectivity index (χ0) is 33.7. The summed E-state index contributed by atoms with van der Waals surface area (Å²) in [6.45, 7) is 15.1. The van der Waals surface area contributed by atoms with Crippen molar-refractivity contribution in [3.63, 3.8) is 0 Å². The first-order chi connectivity index (χ1) is 21.8. The number of Topliss-reactive ketones (excluding diaryl/α,β-unsaturated/α-hetero) is 1. The Bertz CT molecular complexity index is 1400. The average Bonchev–Trinajstić information content (AvgIpc) is 3.02. The molecule has 0 aliphatic carbocycles. The van der Waals surface area contributed by atoms with E-state index in [1.54, 1.807) is 0 Å². The van der Waals surface area contributed by atoms with E-state index in [1.165, 1.54) is 0 Å². The van der Waals surface area contributed by atoms with Gasteiger partial charge in [0.1, 0.15) is 12.4 Å². The highest BCUT2D eigenvalue weighted by Crippen LogP contribution is 2.39. The number of nitrogens with one attached hydrogen (secondary N) is 1. The predicted octanol–water partition coefficient (Wildman–Crippen LogP) is 8.92. The second-order valence-electron chi connectivity index (χ2n) is 14.2. The molecule has 0 bridgehead atoms. The molecular weight excluding hydrogens is 589 g/mol. The largest absolute Gasteiger partial charge is 0.445 e. The molecule has 1 N–H and O–H groups in total. The highest BCUT2D eigenvalue weighted by molar-refractivity contribution is 6.74. The summed E-state index contributed by atoms with van der Waals surface area (Å²) in [4.78, 5) is 27.4. The third kappa shape index (κ3) is 11.6. The lowest BCUT2D eigenvalue weighted by Crippen LogP contribution is -2.53. The lowest BCUT2D eigenvalue weighted by molar-refractivity contribution is -0.124. The molecule has 0 aliphatic heterocycles. The molecule has 6 nitrogen and oxygen atoms in total. The van der Waals surface area contributed by atoms with Crippen molar-refractivity contribution in [1.29, 1.82) is 5.26 Å². The van der Waals surface area contributed by atoms with Gasteiger partial charge in [-0.15, -0.1) is 0 Å². The molecule has 0 radical (unpaired) electrons. The highest BCUT2D eigenvalue weighted by Gasteiger charge is 2.42. The molecular formula is C39H52N2O4Si. The summed E-state index contributed by atoms with van der Waals surface area (Å²) in [6, 6.07) is 31.5. The maximum Gasteiger partial charge on any atom is 0.407 e. The van der Waals surface area contributed by atoms with E-state index in [4.69, 9.17) is 9.16 Å². The van der Waals surface area contributed by atoms with Gasteiger partial charge in [-0.05, 0) is 60.0 Å². The smallest absolute Gasteiger partial charge is 0.407 e. The van der Waals surface area contributed by atoms with Gasteiger partial charge in [0, 0.05) is 12.3 Å². The predicted molar refractivity (Wildman–Crippen MR) is 188 cm³/mol. The zero-order valence-corrected chi connectivity index (χ0v) is 29.7. The van der Waals surface area contributed by atoms with E-state index < -0.39 is 32.5 Å². The third-order valence-electron chi connectivity index (χ3n) is 9.20. The summed E-state index contributed by atoms with van der Waals surface area (Å²) in [6.07, 6.45) is 0.650. The van der Waals surface area contributed by atoms with Crippen molar-refractivity contribution in [2.45, 2.75) is 97.2 Å². The molecule has 0 aliphatic rings. The molecule has 46 heavy (non-hydrogen) atoms. The molecule has 1 amide bonds. The fraction of sp³-hybridized carbons (Fsp3) is 0.462. The molecule has 0 spiro atoms. The standard InChI is InChI=1S/C39H52N2O4Si/c1-29(2)34(27-40)25-36(42)33(23-30-17-11-8-12-18-30)26-37(45-46(6,7)39(3,4)5)35(24-31-19-13-9-14-20-31)41-38(43)44-28-32-21-15-10-16-22-32/h8-22,29,33-35,37H,23-26,28H2,1-7H3,(H,41,43)/t33-,34?,35+,37+/m1/s1. The first-order valence-corrected chi connectivity index (χ1v) is 19.3. The normalized spacial score (nSPS) is 14.5. The summed E-state index contributed by atoms with van der Waals surface area (Å²) < 4.78 is 12.8. The van der Waals surface area contributed by atoms with Gasteiger partial charge in [0.25, 0.3) is 0 Å². The molecule has 0 saturated heterocycles. The Kier molecular flexibility index (Phi) is 13.8. The molecule has 7 heteroatoms. The van der Waals surface area contributed by atoms with Gasteiger partial charge in [-0.25, -0.2) is 4.79 Å².